The van der Waals surface area contributed by atoms with E-state index < -0.39 is 42.8 Å². The monoisotopic (exact) mass is 440 g/mol. The van der Waals surface area contributed by atoms with Crippen molar-refractivity contribution >= 4 is 11.7 Å². The molecule has 0 saturated carbocycles. The highest BCUT2D eigenvalue weighted by Gasteiger charge is 2.52. The molecule has 0 aliphatic carbocycles. The Morgan fingerprint density at radius 1 is 1.29 bits per heavy atom. The molecule has 1 aromatic carbocycles. The fourth-order valence-electron chi connectivity index (χ4n) is 3.28. The molecule has 2 heterocycles. The summed E-state index contributed by atoms with van der Waals surface area (Å²) in [6.45, 7) is 0.183. The predicted octanol–water partition coefficient (Wildman–Crippen LogP) is 4.47. The van der Waals surface area contributed by atoms with Crippen molar-refractivity contribution in [1.82, 2.24) is 4.98 Å². The van der Waals surface area contributed by atoms with Gasteiger partial charge in [0, 0.05) is 35.5 Å². The molecule has 12 heteroatoms. The lowest BCUT2D eigenvalue weighted by molar-refractivity contribution is -0.209. The van der Waals surface area contributed by atoms with E-state index in [2.05, 4.69) is 25.0 Å². The number of halogens is 5. The number of hydrogen-bond donors (Lipinski definition) is 2. The molecule has 0 spiro atoms. The minimum absolute atomic E-state index is 0.359. The molecule has 0 bridgehead atoms. The lowest BCUT2D eigenvalue weighted by Gasteiger charge is -2.36. The number of alkyl halides is 4. The van der Waals surface area contributed by atoms with Crippen LogP contribution < -0.4 is 5.73 Å². The molecule has 0 fully saturated rings. The Morgan fingerprint density at radius 2 is 2.03 bits per heavy atom. The first kappa shape index (κ1) is 22.2. The number of benzene rings is 1. The SMILES string of the molecule is C/C(=N\N=N)c1cncc(-c2ccc(F)c([C@]3(CF)C[C@@H](C(F)(F)F)OC(N)=N3)c2)c1. The van der Waals surface area contributed by atoms with Crippen LogP contribution in [0.3, 0.4) is 0 Å². The van der Waals surface area contributed by atoms with Crippen molar-refractivity contribution in [3.05, 3.63) is 53.6 Å². The van der Waals surface area contributed by atoms with Gasteiger partial charge in [-0.3, -0.25) is 4.98 Å². The maximum absolute atomic E-state index is 14.7. The van der Waals surface area contributed by atoms with E-state index in [9.17, 15) is 22.0 Å². The van der Waals surface area contributed by atoms with Crippen molar-refractivity contribution in [2.75, 3.05) is 6.67 Å². The molecule has 3 N–H and O–H groups in total. The van der Waals surface area contributed by atoms with Crippen LogP contribution in [0.4, 0.5) is 22.0 Å². The third-order valence-corrected chi connectivity index (χ3v) is 4.85. The van der Waals surface area contributed by atoms with Gasteiger partial charge in [0.15, 0.2) is 6.10 Å². The van der Waals surface area contributed by atoms with Crippen molar-refractivity contribution in [2.45, 2.75) is 31.2 Å². The van der Waals surface area contributed by atoms with Crippen LogP contribution in [0.2, 0.25) is 0 Å². The number of ether oxygens (including phenoxy) is 1. The van der Waals surface area contributed by atoms with E-state index in [1.54, 1.807) is 13.0 Å². The van der Waals surface area contributed by atoms with E-state index in [1.807, 2.05) is 0 Å². The molecule has 1 aromatic heterocycles. The fourth-order valence-corrected chi connectivity index (χ4v) is 3.28. The Kier molecular flexibility index (Phi) is 6.00. The maximum Gasteiger partial charge on any atom is 0.425 e. The van der Waals surface area contributed by atoms with Gasteiger partial charge in [-0.2, -0.15) is 18.7 Å². The summed E-state index contributed by atoms with van der Waals surface area (Å²) < 4.78 is 73.1. The summed E-state index contributed by atoms with van der Waals surface area (Å²) in [5.74, 6) is -0.935. The number of nitrogens with one attached hydrogen (secondary N) is 1. The number of nitrogens with zero attached hydrogens (tertiary/aromatic N) is 4. The van der Waals surface area contributed by atoms with Gasteiger partial charge >= 0.3 is 6.18 Å². The minimum atomic E-state index is -4.84. The molecular weight excluding hydrogens is 423 g/mol. The van der Waals surface area contributed by atoms with Crippen LogP contribution in [-0.2, 0) is 10.3 Å². The second kappa shape index (κ2) is 8.36. The van der Waals surface area contributed by atoms with Crippen LogP contribution in [0.25, 0.3) is 11.1 Å². The third-order valence-electron chi connectivity index (χ3n) is 4.85. The highest BCUT2D eigenvalue weighted by Crippen LogP contribution is 2.42. The Balaban J connectivity index is 2.11. The van der Waals surface area contributed by atoms with Gasteiger partial charge in [0.05, 0.1) is 5.71 Å². The van der Waals surface area contributed by atoms with Gasteiger partial charge in [-0.1, -0.05) is 11.3 Å². The molecule has 31 heavy (non-hydrogen) atoms. The van der Waals surface area contributed by atoms with E-state index in [0.29, 0.717) is 22.4 Å². The second-order valence-electron chi connectivity index (χ2n) is 6.91. The van der Waals surface area contributed by atoms with Gasteiger partial charge in [-0.15, -0.1) is 5.10 Å². The first-order valence-corrected chi connectivity index (χ1v) is 8.91. The van der Waals surface area contributed by atoms with Crippen LogP contribution >= 0.6 is 0 Å². The summed E-state index contributed by atoms with van der Waals surface area (Å²) in [5.41, 5.74) is 11.3. The van der Waals surface area contributed by atoms with Gasteiger partial charge in [0.2, 0.25) is 0 Å². The smallest absolute Gasteiger partial charge is 0.425 e. The highest BCUT2D eigenvalue weighted by molar-refractivity contribution is 5.99. The summed E-state index contributed by atoms with van der Waals surface area (Å²) in [6.07, 6.45) is -5.33. The Labute approximate surface area is 173 Å². The number of rotatable bonds is 5. The molecule has 0 amide bonds. The molecule has 2 atom stereocenters. The Morgan fingerprint density at radius 3 is 2.68 bits per heavy atom. The van der Waals surface area contributed by atoms with Crippen LogP contribution in [0.5, 0.6) is 0 Å². The molecule has 2 aromatic rings. The van der Waals surface area contributed by atoms with Gasteiger partial charge in [0.25, 0.3) is 6.02 Å². The summed E-state index contributed by atoms with van der Waals surface area (Å²) in [6, 6.07) is 4.35. The molecule has 0 radical (unpaired) electrons. The van der Waals surface area contributed by atoms with Gasteiger partial charge in [-0.05, 0) is 30.7 Å². The highest BCUT2D eigenvalue weighted by atomic mass is 19.4. The molecule has 0 unspecified atom stereocenters. The Bertz CT molecular complexity index is 1050. The van der Waals surface area contributed by atoms with Crippen LogP contribution in [-0.4, -0.2) is 35.7 Å². The Hall–Kier alpha value is -3.44. The molecule has 0 saturated heterocycles. The number of nitrogens with two attached hydrogens (primary N) is 1. The normalized spacial score (nSPS) is 21.9. The number of aliphatic imine (C=N–C) groups is 1. The predicted molar refractivity (Wildman–Crippen MR) is 102 cm³/mol. The first-order valence-electron chi connectivity index (χ1n) is 8.91. The minimum Gasteiger partial charge on any atom is -0.452 e. The first-order chi connectivity index (χ1) is 14.6. The standard InChI is InChI=1S/C19H17F5N6O/c1-10(29-30-26)12-4-13(8-27-7-12)11-2-3-15(21)14(5-11)18(9-20)6-16(19(22,23)24)31-17(25)28-18/h2-5,7-8,16,26H,6,9H2,1H3,(H2,25,28)/b29-10+,30-26?/t16-,18+/m0/s1. The molecule has 7 nitrogen and oxygen atoms in total. The fraction of sp³-hybridized carbons (Fsp3) is 0.316. The van der Waals surface area contributed by atoms with Crippen molar-refractivity contribution in [2.24, 2.45) is 21.1 Å². The average Bonchev–Trinajstić information content (AvgIpc) is 2.73. The average molecular weight is 440 g/mol. The summed E-state index contributed by atoms with van der Waals surface area (Å²) >= 11 is 0. The van der Waals surface area contributed by atoms with E-state index in [0.717, 1.165) is 6.07 Å². The number of amidine groups is 1. The van der Waals surface area contributed by atoms with Crippen LogP contribution in [0.15, 0.2) is 52.0 Å². The van der Waals surface area contributed by atoms with E-state index in [1.165, 1.54) is 24.5 Å². The van der Waals surface area contributed by atoms with Gasteiger partial charge in [0.1, 0.15) is 18.0 Å². The number of pyridine rings is 1. The summed E-state index contributed by atoms with van der Waals surface area (Å²) in [5, 5.41) is 6.55. The molecular formula is C19H17F5N6O. The molecule has 164 valence electrons. The van der Waals surface area contributed by atoms with E-state index in [-0.39, 0.29) is 5.56 Å². The quantitative estimate of drug-likeness (QED) is 0.310. The zero-order valence-corrected chi connectivity index (χ0v) is 16.1. The maximum atomic E-state index is 14.7. The number of aromatic nitrogens is 1. The zero-order valence-electron chi connectivity index (χ0n) is 16.1. The van der Waals surface area contributed by atoms with Crippen molar-refractivity contribution in [1.29, 1.82) is 5.53 Å². The van der Waals surface area contributed by atoms with Crippen molar-refractivity contribution in [3.63, 3.8) is 0 Å². The number of hydrogen-bond acceptors (Lipinski definition) is 6. The van der Waals surface area contributed by atoms with Crippen LogP contribution in [0, 0.1) is 11.3 Å². The van der Waals surface area contributed by atoms with Crippen molar-refractivity contribution in [3.8, 4) is 11.1 Å². The van der Waals surface area contributed by atoms with Crippen LogP contribution in [0.1, 0.15) is 24.5 Å². The molecule has 3 rings (SSSR count). The largest absolute Gasteiger partial charge is 0.452 e. The second-order valence-corrected chi connectivity index (χ2v) is 6.91. The van der Waals surface area contributed by atoms with E-state index in [4.69, 9.17) is 11.3 Å². The summed E-state index contributed by atoms with van der Waals surface area (Å²) in [7, 11) is 0. The van der Waals surface area contributed by atoms with Crippen molar-refractivity contribution < 1.29 is 26.7 Å². The topological polar surface area (TPSA) is 109 Å². The molecule has 1 aliphatic heterocycles. The molecule has 1 aliphatic rings. The lowest BCUT2D eigenvalue weighted by atomic mass is 9.83. The lowest BCUT2D eigenvalue weighted by Crippen LogP contribution is -2.48. The zero-order chi connectivity index (χ0) is 22.8. The van der Waals surface area contributed by atoms with Gasteiger partial charge in [-0.25, -0.2) is 13.8 Å². The summed E-state index contributed by atoms with van der Waals surface area (Å²) in [4.78, 5) is 7.78. The third kappa shape index (κ3) is 4.52. The van der Waals surface area contributed by atoms with Gasteiger partial charge < -0.3 is 10.5 Å². The van der Waals surface area contributed by atoms with E-state index >= 15 is 0 Å².